The monoisotopic (exact) mass is 210 g/mol. The number of hydrogen-bond acceptors (Lipinski definition) is 0. The van der Waals surface area contributed by atoms with E-state index in [0.717, 1.165) is 12.0 Å². The Kier molecular flexibility index (Phi) is 4.61. The molecule has 0 nitrogen and oxygen atoms in total. The lowest BCUT2D eigenvalue weighted by atomic mass is 9.99. The highest BCUT2D eigenvalue weighted by Crippen LogP contribution is 2.22. The van der Waals surface area contributed by atoms with E-state index in [2.05, 4.69) is 37.1 Å². The van der Waals surface area contributed by atoms with Crippen molar-refractivity contribution < 1.29 is 0 Å². The summed E-state index contributed by atoms with van der Waals surface area (Å²) in [6.45, 7) is 6.16. The highest BCUT2D eigenvalue weighted by atomic mass is 14.0. The van der Waals surface area contributed by atoms with Crippen LogP contribution in [0.2, 0.25) is 0 Å². The molecule has 2 rings (SSSR count). The van der Waals surface area contributed by atoms with Crippen molar-refractivity contribution in [3.8, 4) is 12.3 Å². The minimum Gasteiger partial charge on any atom is -0.115 e. The molecule has 0 amide bonds. The van der Waals surface area contributed by atoms with Crippen LogP contribution < -0.4 is 0 Å². The lowest BCUT2D eigenvalue weighted by Crippen LogP contribution is -1.85. The Hall–Kier alpha value is -1.74. The minimum atomic E-state index is 0.984. The molecule has 0 N–H and O–H groups in total. The second-order valence-corrected chi connectivity index (χ2v) is 3.32. The first kappa shape index (κ1) is 12.3. The molecule has 16 heavy (non-hydrogen) atoms. The van der Waals surface area contributed by atoms with Crippen LogP contribution in [0.3, 0.4) is 0 Å². The summed E-state index contributed by atoms with van der Waals surface area (Å²) in [6, 6.07) is 12.5. The number of hydrogen-bond donors (Lipinski definition) is 0. The summed E-state index contributed by atoms with van der Waals surface area (Å²) in [6.07, 6.45) is 6.50. The second-order valence-electron chi connectivity index (χ2n) is 3.32. The summed E-state index contributed by atoms with van der Waals surface area (Å²) < 4.78 is 0. The van der Waals surface area contributed by atoms with Crippen molar-refractivity contribution in [3.63, 3.8) is 0 Å². The Labute approximate surface area is 98.3 Å². The van der Waals surface area contributed by atoms with Gasteiger partial charge < -0.3 is 0 Å². The van der Waals surface area contributed by atoms with Crippen LogP contribution in [0.25, 0.3) is 10.8 Å². The lowest BCUT2D eigenvalue weighted by molar-refractivity contribution is 1.16. The molecule has 0 spiro atoms. The van der Waals surface area contributed by atoms with Crippen LogP contribution >= 0.6 is 0 Å². The Bertz CT molecular complexity index is 501. The van der Waals surface area contributed by atoms with E-state index in [1.54, 1.807) is 0 Å². The van der Waals surface area contributed by atoms with Crippen LogP contribution in [-0.2, 0) is 6.42 Å². The average Bonchev–Trinajstić information content (AvgIpc) is 2.39. The molecule has 0 aromatic heterocycles. The van der Waals surface area contributed by atoms with Gasteiger partial charge in [-0.3, -0.25) is 0 Å². The molecule has 0 atom stereocenters. The molecule has 82 valence electrons. The topological polar surface area (TPSA) is 0 Å². The highest BCUT2D eigenvalue weighted by Gasteiger charge is 2.00. The van der Waals surface area contributed by atoms with Gasteiger partial charge in [0.2, 0.25) is 0 Å². The number of benzene rings is 2. The summed E-state index contributed by atoms with van der Waals surface area (Å²) in [7, 11) is 0. The molecule has 0 bridgehead atoms. The summed E-state index contributed by atoms with van der Waals surface area (Å²) in [5.74, 6) is 2.72. The summed E-state index contributed by atoms with van der Waals surface area (Å²) in [4.78, 5) is 0. The van der Waals surface area contributed by atoms with Gasteiger partial charge in [-0.2, -0.15) is 0 Å². The fourth-order valence-electron chi connectivity index (χ4n) is 1.81. The molecule has 0 unspecified atom stereocenters. The van der Waals surface area contributed by atoms with Gasteiger partial charge in [0.05, 0.1) is 0 Å². The maximum absolute atomic E-state index is 5.46. The van der Waals surface area contributed by atoms with Gasteiger partial charge in [-0.15, -0.1) is 6.42 Å². The third kappa shape index (κ3) is 2.25. The van der Waals surface area contributed by atoms with E-state index < -0.39 is 0 Å². The Morgan fingerprint density at radius 1 is 1.00 bits per heavy atom. The predicted molar refractivity (Wildman–Crippen MR) is 72.6 cm³/mol. The van der Waals surface area contributed by atoms with Crippen molar-refractivity contribution in [2.24, 2.45) is 0 Å². The van der Waals surface area contributed by atoms with Gasteiger partial charge in [-0.05, 0) is 28.8 Å². The van der Waals surface area contributed by atoms with Crippen LogP contribution in [0.4, 0.5) is 0 Å². The molecular weight excluding hydrogens is 192 g/mol. The average molecular weight is 210 g/mol. The largest absolute Gasteiger partial charge is 0.115 e. The van der Waals surface area contributed by atoms with Gasteiger partial charge in [-0.25, -0.2) is 0 Å². The van der Waals surface area contributed by atoms with E-state index in [9.17, 15) is 0 Å². The molecule has 0 saturated carbocycles. The van der Waals surface area contributed by atoms with Gasteiger partial charge in [0.15, 0.2) is 0 Å². The van der Waals surface area contributed by atoms with Crippen LogP contribution in [0.15, 0.2) is 36.4 Å². The molecular formula is C16H18. The maximum Gasteiger partial charge on any atom is 0.0321 e. The van der Waals surface area contributed by atoms with Crippen molar-refractivity contribution >= 4 is 10.8 Å². The third-order valence-electron chi connectivity index (χ3n) is 2.55. The van der Waals surface area contributed by atoms with Crippen LogP contribution in [0, 0.1) is 12.3 Å². The number of rotatable bonds is 1. The van der Waals surface area contributed by atoms with E-state index in [4.69, 9.17) is 6.42 Å². The lowest BCUT2D eigenvalue weighted by Gasteiger charge is -2.05. The molecule has 0 saturated heterocycles. The zero-order valence-corrected chi connectivity index (χ0v) is 10.2. The van der Waals surface area contributed by atoms with Crippen LogP contribution in [-0.4, -0.2) is 0 Å². The normalized spacial score (nSPS) is 9.12. The number of aryl methyl sites for hydroxylation is 1. The Morgan fingerprint density at radius 2 is 1.62 bits per heavy atom. The molecule has 2 aromatic carbocycles. The van der Waals surface area contributed by atoms with Crippen molar-refractivity contribution in [2.75, 3.05) is 0 Å². The minimum absolute atomic E-state index is 0.984. The second kappa shape index (κ2) is 5.98. The van der Waals surface area contributed by atoms with Crippen molar-refractivity contribution in [1.29, 1.82) is 0 Å². The quantitative estimate of drug-likeness (QED) is 0.612. The molecule has 0 heteroatoms. The predicted octanol–water partition coefficient (Wildman–Crippen LogP) is 4.41. The summed E-state index contributed by atoms with van der Waals surface area (Å²) in [5.41, 5.74) is 2.34. The molecule has 0 heterocycles. The smallest absolute Gasteiger partial charge is 0.0321 e. The molecule has 0 aliphatic rings. The van der Waals surface area contributed by atoms with E-state index in [-0.39, 0.29) is 0 Å². The molecule has 0 fully saturated rings. The highest BCUT2D eigenvalue weighted by molar-refractivity contribution is 5.90. The van der Waals surface area contributed by atoms with Gasteiger partial charge in [0, 0.05) is 5.56 Å². The van der Waals surface area contributed by atoms with Gasteiger partial charge in [-0.1, -0.05) is 57.0 Å². The zero-order chi connectivity index (χ0) is 12.0. The van der Waals surface area contributed by atoms with Crippen molar-refractivity contribution in [1.82, 2.24) is 0 Å². The first-order valence-corrected chi connectivity index (χ1v) is 5.84. The molecule has 0 radical (unpaired) electrons. The fourth-order valence-corrected chi connectivity index (χ4v) is 1.81. The number of terminal acetylenes is 1. The van der Waals surface area contributed by atoms with Gasteiger partial charge >= 0.3 is 0 Å². The van der Waals surface area contributed by atoms with E-state index in [1.165, 1.54) is 16.3 Å². The van der Waals surface area contributed by atoms with Crippen molar-refractivity contribution in [2.45, 2.75) is 27.2 Å². The first-order chi connectivity index (χ1) is 7.86. The molecule has 2 aromatic rings. The van der Waals surface area contributed by atoms with Gasteiger partial charge in [0.1, 0.15) is 0 Å². The standard InChI is InChI=1S/C14H12.C2H6/c1-3-11-7-5-10-14-12(4-2)8-6-9-13(11)14;1-2/h1,5-10H,4H2,2H3;1-2H3. The SMILES string of the molecule is C#Cc1cccc2c(CC)cccc12.CC. The molecule has 0 aliphatic carbocycles. The van der Waals surface area contributed by atoms with E-state index in [1.807, 2.05) is 26.0 Å². The van der Waals surface area contributed by atoms with Crippen molar-refractivity contribution in [3.05, 3.63) is 47.5 Å². The van der Waals surface area contributed by atoms with E-state index in [0.29, 0.717) is 0 Å². The maximum atomic E-state index is 5.46. The Morgan fingerprint density at radius 3 is 2.25 bits per heavy atom. The van der Waals surface area contributed by atoms with Gasteiger partial charge in [0.25, 0.3) is 0 Å². The third-order valence-corrected chi connectivity index (χ3v) is 2.55. The number of fused-ring (bicyclic) bond motifs is 1. The summed E-state index contributed by atoms with van der Waals surface area (Å²) in [5, 5.41) is 2.47. The zero-order valence-electron chi connectivity index (χ0n) is 10.2. The van der Waals surface area contributed by atoms with Crippen LogP contribution in [0.5, 0.6) is 0 Å². The van der Waals surface area contributed by atoms with Crippen LogP contribution in [0.1, 0.15) is 31.9 Å². The molecule has 0 aliphatic heterocycles. The first-order valence-electron chi connectivity index (χ1n) is 5.84. The summed E-state index contributed by atoms with van der Waals surface area (Å²) >= 11 is 0. The van der Waals surface area contributed by atoms with E-state index >= 15 is 0 Å². The fraction of sp³-hybridized carbons (Fsp3) is 0.250. The Balaban J connectivity index is 0.000000606.